The summed E-state index contributed by atoms with van der Waals surface area (Å²) in [6, 6.07) is 6.38. The Hall–Kier alpha value is -1.18. The molecule has 0 unspecified atom stereocenters. The van der Waals surface area contributed by atoms with E-state index in [0.29, 0.717) is 6.42 Å². The Kier molecular flexibility index (Phi) is 3.70. The Labute approximate surface area is 103 Å². The molecule has 0 aliphatic carbocycles. The number of aromatic nitrogens is 1. The maximum Gasteiger partial charge on any atom is 0.0983 e. The third-order valence-electron chi connectivity index (χ3n) is 2.31. The van der Waals surface area contributed by atoms with Crippen LogP contribution in [-0.4, -0.2) is 4.98 Å². The van der Waals surface area contributed by atoms with Crippen LogP contribution in [0.25, 0.3) is 0 Å². The molecule has 0 N–H and O–H groups in total. The smallest absolute Gasteiger partial charge is 0.0983 e. The van der Waals surface area contributed by atoms with Gasteiger partial charge in [0.05, 0.1) is 16.8 Å². The van der Waals surface area contributed by atoms with Gasteiger partial charge < -0.3 is 0 Å². The molecule has 0 amide bonds. The van der Waals surface area contributed by atoms with Crippen molar-refractivity contribution >= 4 is 22.7 Å². The van der Waals surface area contributed by atoms with Gasteiger partial charge in [-0.15, -0.1) is 22.7 Å². The van der Waals surface area contributed by atoms with Gasteiger partial charge in [0.2, 0.25) is 0 Å². The van der Waals surface area contributed by atoms with E-state index in [0.717, 1.165) is 23.5 Å². The summed E-state index contributed by atoms with van der Waals surface area (Å²) in [7, 11) is 0. The highest BCUT2D eigenvalue weighted by Crippen LogP contribution is 2.23. The Morgan fingerprint density at radius 3 is 3.06 bits per heavy atom. The molecule has 0 bridgehead atoms. The molecule has 0 aliphatic rings. The van der Waals surface area contributed by atoms with Crippen LogP contribution in [0.1, 0.15) is 26.9 Å². The van der Waals surface area contributed by atoms with E-state index in [9.17, 15) is 0 Å². The molecular formula is C12H12N2S2. The molecule has 2 rings (SSSR count). The van der Waals surface area contributed by atoms with Crippen molar-refractivity contribution in [2.45, 2.75) is 26.2 Å². The number of nitriles is 1. The van der Waals surface area contributed by atoms with E-state index >= 15 is 0 Å². The average Bonchev–Trinajstić information content (AvgIpc) is 2.86. The minimum atomic E-state index is 0.585. The third-order valence-corrected chi connectivity index (χ3v) is 4.40. The second-order valence-electron chi connectivity index (χ2n) is 3.53. The number of hydrogen-bond donors (Lipinski definition) is 0. The molecule has 2 heterocycles. The molecule has 2 aromatic heterocycles. The summed E-state index contributed by atoms with van der Waals surface area (Å²) in [4.78, 5) is 7.16. The van der Waals surface area contributed by atoms with Gasteiger partial charge in [-0.3, -0.25) is 0 Å². The van der Waals surface area contributed by atoms with Crippen molar-refractivity contribution in [3.63, 3.8) is 0 Å². The molecule has 4 heteroatoms. The lowest BCUT2D eigenvalue weighted by Crippen LogP contribution is -1.83. The van der Waals surface area contributed by atoms with Crippen LogP contribution in [0.4, 0.5) is 0 Å². The normalized spacial score (nSPS) is 10.2. The molecular weight excluding hydrogens is 236 g/mol. The van der Waals surface area contributed by atoms with Gasteiger partial charge >= 0.3 is 0 Å². The van der Waals surface area contributed by atoms with Gasteiger partial charge in [0, 0.05) is 22.6 Å². The molecule has 0 radical (unpaired) electrons. The zero-order chi connectivity index (χ0) is 11.4. The van der Waals surface area contributed by atoms with Crippen LogP contribution in [0, 0.1) is 18.3 Å². The topological polar surface area (TPSA) is 36.7 Å². The van der Waals surface area contributed by atoms with E-state index in [1.165, 1.54) is 9.75 Å². The third kappa shape index (κ3) is 2.69. The highest BCUT2D eigenvalue weighted by atomic mass is 32.1. The summed E-state index contributed by atoms with van der Waals surface area (Å²) < 4.78 is 0. The standard InChI is InChI=1S/C12H12N2S2/c1-9-11(5-2-6-13)16-12(14-9)8-10-4-3-7-15-10/h3-4,7H,2,5,8H2,1H3. The predicted molar refractivity (Wildman–Crippen MR) is 67.9 cm³/mol. The molecule has 16 heavy (non-hydrogen) atoms. The second kappa shape index (κ2) is 5.24. The number of nitrogens with zero attached hydrogens (tertiary/aromatic N) is 2. The maximum absolute atomic E-state index is 8.57. The molecule has 0 saturated carbocycles. The van der Waals surface area contributed by atoms with Crippen LogP contribution in [0.15, 0.2) is 17.5 Å². The van der Waals surface area contributed by atoms with Crippen molar-refractivity contribution in [3.8, 4) is 6.07 Å². The van der Waals surface area contributed by atoms with Crippen LogP contribution < -0.4 is 0 Å². The number of rotatable bonds is 4. The molecule has 0 aromatic carbocycles. The lowest BCUT2D eigenvalue weighted by molar-refractivity contribution is 1.00. The quantitative estimate of drug-likeness (QED) is 0.829. The Morgan fingerprint density at radius 2 is 2.38 bits per heavy atom. The summed E-state index contributed by atoms with van der Waals surface area (Å²) in [5.74, 6) is 0. The summed E-state index contributed by atoms with van der Waals surface area (Å²) in [5.41, 5.74) is 1.09. The van der Waals surface area contributed by atoms with Crippen molar-refractivity contribution in [3.05, 3.63) is 38.0 Å². The van der Waals surface area contributed by atoms with E-state index in [2.05, 4.69) is 28.6 Å². The highest BCUT2D eigenvalue weighted by molar-refractivity contribution is 7.12. The second-order valence-corrected chi connectivity index (χ2v) is 5.73. The molecule has 82 valence electrons. The van der Waals surface area contributed by atoms with Crippen molar-refractivity contribution < 1.29 is 0 Å². The Morgan fingerprint density at radius 1 is 1.50 bits per heavy atom. The van der Waals surface area contributed by atoms with Gasteiger partial charge in [-0.25, -0.2) is 4.98 Å². The number of aryl methyl sites for hydroxylation is 2. The minimum Gasteiger partial charge on any atom is -0.246 e. The first-order valence-corrected chi connectivity index (χ1v) is 6.83. The fourth-order valence-corrected chi connectivity index (χ4v) is 3.42. The number of hydrogen-bond acceptors (Lipinski definition) is 4. The van der Waals surface area contributed by atoms with Crippen molar-refractivity contribution in [2.75, 3.05) is 0 Å². The lowest BCUT2D eigenvalue weighted by atomic mass is 10.2. The van der Waals surface area contributed by atoms with Gasteiger partial charge in [-0.2, -0.15) is 5.26 Å². The Balaban J connectivity index is 2.09. The average molecular weight is 248 g/mol. The lowest BCUT2D eigenvalue weighted by Gasteiger charge is -1.90. The van der Waals surface area contributed by atoms with Crippen LogP contribution in [-0.2, 0) is 12.8 Å². The summed E-state index contributed by atoms with van der Waals surface area (Å²) in [6.07, 6.45) is 2.35. The van der Waals surface area contributed by atoms with Crippen LogP contribution in [0.5, 0.6) is 0 Å². The first kappa shape index (κ1) is 11.3. The van der Waals surface area contributed by atoms with Crippen molar-refractivity contribution in [2.24, 2.45) is 0 Å². The molecule has 2 nitrogen and oxygen atoms in total. The number of thiophene rings is 1. The van der Waals surface area contributed by atoms with Gasteiger partial charge in [0.25, 0.3) is 0 Å². The van der Waals surface area contributed by atoms with Crippen LogP contribution in [0.2, 0.25) is 0 Å². The van der Waals surface area contributed by atoms with Crippen molar-refractivity contribution in [1.82, 2.24) is 4.98 Å². The van der Waals surface area contributed by atoms with Gasteiger partial charge in [0.15, 0.2) is 0 Å². The van der Waals surface area contributed by atoms with E-state index < -0.39 is 0 Å². The first-order chi connectivity index (χ1) is 7.79. The molecule has 0 atom stereocenters. The number of thiazole rings is 1. The van der Waals surface area contributed by atoms with Crippen LogP contribution >= 0.6 is 22.7 Å². The summed E-state index contributed by atoms with van der Waals surface area (Å²) in [5, 5.41) is 11.8. The molecule has 0 aliphatic heterocycles. The summed E-state index contributed by atoms with van der Waals surface area (Å²) in [6.45, 7) is 2.03. The van der Waals surface area contributed by atoms with Gasteiger partial charge in [-0.05, 0) is 24.8 Å². The largest absolute Gasteiger partial charge is 0.246 e. The molecule has 0 fully saturated rings. The van der Waals surface area contributed by atoms with Gasteiger partial charge in [-0.1, -0.05) is 6.07 Å². The molecule has 0 spiro atoms. The van der Waals surface area contributed by atoms with E-state index in [4.69, 9.17) is 5.26 Å². The monoisotopic (exact) mass is 248 g/mol. The van der Waals surface area contributed by atoms with Crippen molar-refractivity contribution in [1.29, 1.82) is 5.26 Å². The first-order valence-electron chi connectivity index (χ1n) is 5.14. The zero-order valence-electron chi connectivity index (χ0n) is 9.06. The van der Waals surface area contributed by atoms with E-state index in [-0.39, 0.29) is 0 Å². The van der Waals surface area contributed by atoms with E-state index in [1.54, 1.807) is 22.7 Å². The zero-order valence-corrected chi connectivity index (χ0v) is 10.7. The Bertz CT molecular complexity index is 492. The molecule has 2 aromatic rings. The fourth-order valence-electron chi connectivity index (χ4n) is 1.53. The van der Waals surface area contributed by atoms with Crippen LogP contribution in [0.3, 0.4) is 0 Å². The highest BCUT2D eigenvalue weighted by Gasteiger charge is 2.08. The van der Waals surface area contributed by atoms with E-state index in [1.807, 2.05) is 6.92 Å². The fraction of sp³-hybridized carbons (Fsp3) is 0.333. The van der Waals surface area contributed by atoms with Gasteiger partial charge in [0.1, 0.15) is 0 Å². The SMILES string of the molecule is Cc1nc(Cc2cccs2)sc1CCC#N. The predicted octanol–water partition coefficient (Wildman–Crippen LogP) is 3.56. The minimum absolute atomic E-state index is 0.585. The molecule has 0 saturated heterocycles. The maximum atomic E-state index is 8.57. The summed E-state index contributed by atoms with van der Waals surface area (Å²) >= 11 is 3.51.